The fourth-order valence-electron chi connectivity index (χ4n) is 2.64. The van der Waals surface area contributed by atoms with Crippen molar-refractivity contribution in [3.63, 3.8) is 0 Å². The summed E-state index contributed by atoms with van der Waals surface area (Å²) >= 11 is 21.3. The number of benzene rings is 2. The van der Waals surface area contributed by atoms with Crippen molar-refractivity contribution < 1.29 is 4.74 Å². The number of unbranched alkanes of at least 4 members (excludes halogenated alkanes) is 4. The molecule has 0 heterocycles. The van der Waals surface area contributed by atoms with Crippen molar-refractivity contribution in [1.29, 1.82) is 0 Å². The minimum absolute atomic E-state index is 0.285. The van der Waals surface area contributed by atoms with E-state index in [1.165, 1.54) is 19.3 Å². The van der Waals surface area contributed by atoms with Crippen LogP contribution in [-0.4, -0.2) is 12.4 Å². The molecule has 29 heavy (non-hydrogen) atoms. The van der Waals surface area contributed by atoms with Gasteiger partial charge in [-0.3, -0.25) is 0 Å². The lowest BCUT2D eigenvalue weighted by atomic mass is 10.2. The molecule has 0 aliphatic carbocycles. The summed E-state index contributed by atoms with van der Waals surface area (Å²) in [5, 5.41) is 9.71. The van der Waals surface area contributed by atoms with Gasteiger partial charge in [-0.2, -0.15) is 5.11 Å². The van der Waals surface area contributed by atoms with Crippen LogP contribution >= 0.6 is 46.6 Å². The molecule has 7 heteroatoms. The predicted octanol–water partition coefficient (Wildman–Crippen LogP) is 9.91. The van der Waals surface area contributed by atoms with E-state index in [9.17, 15) is 0 Å². The van der Waals surface area contributed by atoms with E-state index in [1.54, 1.807) is 11.8 Å². The Morgan fingerprint density at radius 3 is 2.24 bits per heavy atom. The van der Waals surface area contributed by atoms with E-state index in [0.717, 1.165) is 35.6 Å². The molecule has 0 amide bonds. The number of rotatable bonds is 12. The monoisotopic (exact) mass is 472 g/mol. The standard InChI is InChI=1S/C22H27Cl3N2OS/c1-3-5-6-7-11-14-28-21-18(24)17(23)20(22(19(21)25)29-15-4-2)27-26-16-12-9-8-10-13-16/h8-10,12-13H,3-7,11,14-15H2,1-2H3. The van der Waals surface area contributed by atoms with Crippen molar-refractivity contribution in [2.75, 3.05) is 12.4 Å². The van der Waals surface area contributed by atoms with Crippen LogP contribution in [0.25, 0.3) is 0 Å². The fourth-order valence-corrected chi connectivity index (χ4v) is 4.51. The molecule has 3 nitrogen and oxygen atoms in total. The lowest BCUT2D eigenvalue weighted by molar-refractivity contribution is 0.304. The zero-order chi connectivity index (χ0) is 21.1. The minimum atomic E-state index is 0.285. The van der Waals surface area contributed by atoms with Crippen LogP contribution in [-0.2, 0) is 0 Å². The Bertz CT molecular complexity index is 801. The molecule has 0 saturated heterocycles. The Kier molecular flexibility index (Phi) is 11.2. The molecule has 0 aromatic heterocycles. The third kappa shape index (κ3) is 7.36. The number of hydrogen-bond acceptors (Lipinski definition) is 4. The SMILES string of the molecule is CCCCCCCOc1c(Cl)c(Cl)c(N=Nc2ccccc2)c(SCCC)c1Cl. The number of halogens is 3. The lowest BCUT2D eigenvalue weighted by Gasteiger charge is -2.16. The van der Waals surface area contributed by atoms with Crippen molar-refractivity contribution in [2.24, 2.45) is 10.2 Å². The molecule has 0 fully saturated rings. The van der Waals surface area contributed by atoms with Gasteiger partial charge in [0.2, 0.25) is 0 Å². The van der Waals surface area contributed by atoms with Gasteiger partial charge in [0.15, 0.2) is 5.75 Å². The van der Waals surface area contributed by atoms with E-state index in [0.29, 0.717) is 28.1 Å². The molecule has 158 valence electrons. The summed E-state index contributed by atoms with van der Waals surface area (Å²) in [6.45, 7) is 4.86. The van der Waals surface area contributed by atoms with E-state index in [1.807, 2.05) is 30.3 Å². The Morgan fingerprint density at radius 2 is 1.55 bits per heavy atom. The number of hydrogen-bond donors (Lipinski definition) is 0. The molecule has 2 aromatic carbocycles. The van der Waals surface area contributed by atoms with Crippen molar-refractivity contribution in [3.8, 4) is 5.75 Å². The maximum absolute atomic E-state index is 6.68. The van der Waals surface area contributed by atoms with E-state index in [4.69, 9.17) is 39.5 Å². The van der Waals surface area contributed by atoms with Crippen LogP contribution in [0.2, 0.25) is 15.1 Å². The maximum atomic E-state index is 6.68. The summed E-state index contributed by atoms with van der Waals surface area (Å²) in [5.41, 5.74) is 1.22. The van der Waals surface area contributed by atoms with E-state index in [-0.39, 0.29) is 5.02 Å². The molecule has 2 aromatic rings. The van der Waals surface area contributed by atoms with E-state index < -0.39 is 0 Å². The second-order valence-corrected chi connectivity index (χ2v) is 8.83. The minimum Gasteiger partial charge on any atom is -0.490 e. The van der Waals surface area contributed by atoms with Gasteiger partial charge in [-0.05, 0) is 30.7 Å². The van der Waals surface area contributed by atoms with E-state index >= 15 is 0 Å². The van der Waals surface area contributed by atoms with Gasteiger partial charge in [0.25, 0.3) is 0 Å². The molecule has 0 spiro atoms. The predicted molar refractivity (Wildman–Crippen MR) is 127 cm³/mol. The van der Waals surface area contributed by atoms with Crippen LogP contribution in [0, 0.1) is 0 Å². The molecule has 0 unspecified atom stereocenters. The van der Waals surface area contributed by atoms with Crippen LogP contribution < -0.4 is 4.74 Å². The summed E-state index contributed by atoms with van der Waals surface area (Å²) in [5.74, 6) is 1.31. The fraction of sp³-hybridized carbons (Fsp3) is 0.455. The van der Waals surface area contributed by atoms with Gasteiger partial charge in [0.1, 0.15) is 15.7 Å². The lowest BCUT2D eigenvalue weighted by Crippen LogP contribution is -2.00. The Balaban J connectivity index is 2.27. The zero-order valence-electron chi connectivity index (χ0n) is 16.9. The molecule has 0 radical (unpaired) electrons. The summed E-state index contributed by atoms with van der Waals surface area (Å²) in [6, 6.07) is 9.47. The smallest absolute Gasteiger partial charge is 0.159 e. The van der Waals surface area contributed by atoms with Crippen molar-refractivity contribution in [3.05, 3.63) is 45.4 Å². The molecule has 0 saturated carbocycles. The van der Waals surface area contributed by atoms with Crippen molar-refractivity contribution >= 4 is 57.9 Å². The van der Waals surface area contributed by atoms with Gasteiger partial charge in [-0.15, -0.1) is 16.9 Å². The Hall–Kier alpha value is -0.940. The third-order valence-electron chi connectivity index (χ3n) is 4.18. The van der Waals surface area contributed by atoms with Crippen LogP contribution in [0.4, 0.5) is 11.4 Å². The van der Waals surface area contributed by atoms with Gasteiger partial charge >= 0.3 is 0 Å². The van der Waals surface area contributed by atoms with E-state index in [2.05, 4.69) is 24.1 Å². The normalized spacial score (nSPS) is 11.3. The molecule has 0 atom stereocenters. The zero-order valence-corrected chi connectivity index (χ0v) is 20.0. The molecular weight excluding hydrogens is 447 g/mol. The third-order valence-corrected chi connectivity index (χ3v) is 6.78. The van der Waals surface area contributed by atoms with Crippen LogP contribution in [0.3, 0.4) is 0 Å². The average molecular weight is 474 g/mol. The van der Waals surface area contributed by atoms with Gasteiger partial charge in [-0.1, -0.05) is 92.5 Å². The number of thioether (sulfide) groups is 1. The molecule has 0 N–H and O–H groups in total. The summed E-state index contributed by atoms with van der Waals surface area (Å²) in [4.78, 5) is 0.753. The highest BCUT2D eigenvalue weighted by molar-refractivity contribution is 7.99. The Labute approximate surface area is 193 Å². The van der Waals surface area contributed by atoms with Crippen LogP contribution in [0.1, 0.15) is 52.4 Å². The van der Waals surface area contributed by atoms with Crippen molar-refractivity contribution in [2.45, 2.75) is 57.3 Å². The molecule has 0 bridgehead atoms. The highest BCUT2D eigenvalue weighted by Gasteiger charge is 2.23. The molecule has 2 rings (SSSR count). The highest BCUT2D eigenvalue weighted by atomic mass is 35.5. The highest BCUT2D eigenvalue weighted by Crippen LogP contribution is 2.51. The second-order valence-electron chi connectivity index (χ2n) is 6.60. The first kappa shape index (κ1) is 24.3. The summed E-state index contributed by atoms with van der Waals surface area (Å²) in [7, 11) is 0. The maximum Gasteiger partial charge on any atom is 0.159 e. The van der Waals surface area contributed by atoms with Gasteiger partial charge < -0.3 is 4.74 Å². The number of ether oxygens (including phenoxy) is 1. The Morgan fingerprint density at radius 1 is 0.828 bits per heavy atom. The van der Waals surface area contributed by atoms with Crippen molar-refractivity contribution in [1.82, 2.24) is 0 Å². The largest absolute Gasteiger partial charge is 0.490 e. The number of azo groups is 1. The topological polar surface area (TPSA) is 34.0 Å². The second kappa shape index (κ2) is 13.4. The van der Waals surface area contributed by atoms with Crippen LogP contribution in [0.5, 0.6) is 5.75 Å². The summed E-state index contributed by atoms with van der Waals surface area (Å²) in [6.07, 6.45) is 6.73. The first-order valence-electron chi connectivity index (χ1n) is 10.0. The molecule has 0 aliphatic heterocycles. The van der Waals surface area contributed by atoms with Crippen LogP contribution in [0.15, 0.2) is 45.5 Å². The quantitative estimate of drug-likeness (QED) is 0.133. The van der Waals surface area contributed by atoms with Gasteiger partial charge in [-0.25, -0.2) is 0 Å². The summed E-state index contributed by atoms with van der Waals surface area (Å²) < 4.78 is 5.93. The van der Waals surface area contributed by atoms with Gasteiger partial charge in [0.05, 0.1) is 22.2 Å². The molecule has 0 aliphatic rings. The molecular formula is C22H27Cl3N2OS. The first-order chi connectivity index (χ1) is 14.1. The van der Waals surface area contributed by atoms with Gasteiger partial charge in [0, 0.05) is 0 Å². The number of nitrogens with zero attached hydrogens (tertiary/aromatic N) is 2. The first-order valence-corrected chi connectivity index (χ1v) is 12.1. The average Bonchev–Trinajstić information content (AvgIpc) is 2.74.